The van der Waals surface area contributed by atoms with Crippen molar-refractivity contribution in [2.45, 2.75) is 51.1 Å². The molecule has 6 heteroatoms. The minimum Gasteiger partial charge on any atom is -0.353 e. The number of benzene rings is 1. The first-order chi connectivity index (χ1) is 13.5. The zero-order valence-electron chi connectivity index (χ0n) is 16.4. The number of carbonyl (C=O) groups excluding carboxylic acids is 1. The van der Waals surface area contributed by atoms with Gasteiger partial charge >= 0.3 is 0 Å². The molecule has 1 saturated carbocycles. The molecule has 1 amide bonds. The van der Waals surface area contributed by atoms with E-state index in [2.05, 4.69) is 27.1 Å². The van der Waals surface area contributed by atoms with Crippen molar-refractivity contribution >= 4 is 16.8 Å². The van der Waals surface area contributed by atoms with E-state index in [0.29, 0.717) is 6.42 Å². The molecule has 0 bridgehead atoms. The molecule has 0 aliphatic heterocycles. The first-order valence-electron chi connectivity index (χ1n) is 9.90. The van der Waals surface area contributed by atoms with E-state index in [1.165, 1.54) is 0 Å². The summed E-state index contributed by atoms with van der Waals surface area (Å²) in [5, 5.41) is 8.70. The summed E-state index contributed by atoms with van der Waals surface area (Å²) in [4.78, 5) is 24.7. The highest BCUT2D eigenvalue weighted by Crippen LogP contribution is 2.27. The van der Waals surface area contributed by atoms with Crippen molar-refractivity contribution in [3.05, 3.63) is 64.2 Å². The number of amides is 1. The Hall–Kier alpha value is -2.89. The highest BCUT2D eigenvalue weighted by molar-refractivity contribution is 5.89. The number of aromatic nitrogens is 3. The van der Waals surface area contributed by atoms with Gasteiger partial charge in [0.25, 0.3) is 5.56 Å². The molecule has 4 rings (SSSR count). The van der Waals surface area contributed by atoms with Crippen molar-refractivity contribution in [2.24, 2.45) is 7.05 Å². The second kappa shape index (κ2) is 7.62. The van der Waals surface area contributed by atoms with Gasteiger partial charge in [0.1, 0.15) is 0 Å². The van der Waals surface area contributed by atoms with Crippen molar-refractivity contribution in [3.8, 4) is 0 Å². The summed E-state index contributed by atoms with van der Waals surface area (Å²) in [6.45, 7) is 1.90. The first kappa shape index (κ1) is 18.5. The van der Waals surface area contributed by atoms with E-state index in [1.54, 1.807) is 16.8 Å². The van der Waals surface area contributed by atoms with E-state index in [0.717, 1.165) is 47.8 Å². The van der Waals surface area contributed by atoms with E-state index < -0.39 is 0 Å². The number of nitrogens with zero attached hydrogens (tertiary/aromatic N) is 3. The van der Waals surface area contributed by atoms with Crippen LogP contribution in [0.5, 0.6) is 0 Å². The molecule has 1 fully saturated rings. The van der Waals surface area contributed by atoms with Crippen molar-refractivity contribution in [2.75, 3.05) is 0 Å². The van der Waals surface area contributed by atoms with Crippen molar-refractivity contribution < 1.29 is 4.79 Å². The van der Waals surface area contributed by atoms with Crippen LogP contribution in [0.25, 0.3) is 10.9 Å². The summed E-state index contributed by atoms with van der Waals surface area (Å²) >= 11 is 0. The molecule has 0 radical (unpaired) electrons. The van der Waals surface area contributed by atoms with Crippen LogP contribution in [0.2, 0.25) is 0 Å². The van der Waals surface area contributed by atoms with Gasteiger partial charge in [-0.05, 0) is 50.3 Å². The number of hydrogen-bond donors (Lipinski definition) is 1. The Bertz CT molecular complexity index is 1060. The highest BCUT2D eigenvalue weighted by atomic mass is 16.1. The lowest BCUT2D eigenvalue weighted by Crippen LogP contribution is -2.40. The van der Waals surface area contributed by atoms with Gasteiger partial charge in [-0.2, -0.15) is 5.10 Å². The number of nitrogens with one attached hydrogen (secondary N) is 1. The Morgan fingerprint density at radius 2 is 1.89 bits per heavy atom. The van der Waals surface area contributed by atoms with Gasteiger partial charge < -0.3 is 9.88 Å². The second-order valence-electron chi connectivity index (χ2n) is 7.79. The summed E-state index contributed by atoms with van der Waals surface area (Å²) in [6.07, 6.45) is 5.88. The molecule has 0 spiro atoms. The smallest absolute Gasteiger partial charge is 0.267 e. The maximum Gasteiger partial charge on any atom is 0.267 e. The van der Waals surface area contributed by atoms with Gasteiger partial charge in [0.05, 0.1) is 18.2 Å². The summed E-state index contributed by atoms with van der Waals surface area (Å²) < 4.78 is 3.68. The van der Waals surface area contributed by atoms with Crippen LogP contribution in [0.3, 0.4) is 0 Å². The third-order valence-corrected chi connectivity index (χ3v) is 5.70. The molecule has 3 aromatic rings. The molecule has 1 N–H and O–H groups in total. The molecular formula is C22H26N4O2. The lowest BCUT2D eigenvalue weighted by molar-refractivity contribution is -0.121. The van der Waals surface area contributed by atoms with Crippen LogP contribution in [-0.2, 0) is 18.3 Å². The van der Waals surface area contributed by atoms with E-state index in [1.807, 2.05) is 32.3 Å². The number of aryl methyl sites for hydroxylation is 2. The lowest BCUT2D eigenvalue weighted by Gasteiger charge is -2.29. The molecule has 1 aliphatic carbocycles. The van der Waals surface area contributed by atoms with E-state index >= 15 is 0 Å². The fourth-order valence-corrected chi connectivity index (χ4v) is 4.27. The standard InChI is InChI=1S/C22H26N4O2/c1-15-7-12-22(28)26(24-15)18-10-8-17(9-11-18)23-21(27)13-16-14-25(2)20-6-4-3-5-19(16)20/h3-7,12,14,17-18H,8-11,13H2,1-2H3,(H,23,27). The predicted molar refractivity (Wildman–Crippen MR) is 109 cm³/mol. The van der Waals surface area contributed by atoms with Gasteiger partial charge in [0.15, 0.2) is 0 Å². The van der Waals surface area contributed by atoms with Crippen LogP contribution < -0.4 is 10.9 Å². The van der Waals surface area contributed by atoms with Crippen LogP contribution in [-0.4, -0.2) is 26.3 Å². The van der Waals surface area contributed by atoms with Gasteiger partial charge in [-0.3, -0.25) is 9.59 Å². The molecular weight excluding hydrogens is 352 g/mol. The zero-order chi connectivity index (χ0) is 19.7. The largest absolute Gasteiger partial charge is 0.353 e. The molecule has 2 heterocycles. The van der Waals surface area contributed by atoms with Gasteiger partial charge in [-0.15, -0.1) is 0 Å². The van der Waals surface area contributed by atoms with Crippen molar-refractivity contribution in [3.63, 3.8) is 0 Å². The normalized spacial score (nSPS) is 19.6. The van der Waals surface area contributed by atoms with Crippen molar-refractivity contribution in [1.29, 1.82) is 0 Å². The Morgan fingerprint density at radius 1 is 1.14 bits per heavy atom. The number of carbonyl (C=O) groups is 1. The van der Waals surface area contributed by atoms with Crippen LogP contribution >= 0.6 is 0 Å². The zero-order valence-corrected chi connectivity index (χ0v) is 16.4. The maximum absolute atomic E-state index is 12.6. The number of para-hydroxylation sites is 1. The minimum absolute atomic E-state index is 0.0472. The van der Waals surface area contributed by atoms with Crippen LogP contribution in [0.15, 0.2) is 47.4 Å². The maximum atomic E-state index is 12.6. The second-order valence-corrected chi connectivity index (χ2v) is 7.79. The molecule has 0 unspecified atom stereocenters. The molecule has 1 aromatic carbocycles. The average Bonchev–Trinajstić information content (AvgIpc) is 3.00. The third kappa shape index (κ3) is 3.72. The number of hydrogen-bond acceptors (Lipinski definition) is 3. The van der Waals surface area contributed by atoms with Gasteiger partial charge in [-0.25, -0.2) is 4.68 Å². The first-order valence-corrected chi connectivity index (χ1v) is 9.90. The Balaban J connectivity index is 1.36. The topological polar surface area (TPSA) is 68.9 Å². The van der Waals surface area contributed by atoms with Crippen LogP contribution in [0, 0.1) is 6.92 Å². The summed E-state index contributed by atoms with van der Waals surface area (Å²) in [6, 6.07) is 11.8. The lowest BCUT2D eigenvalue weighted by atomic mass is 9.91. The van der Waals surface area contributed by atoms with Gasteiger partial charge in [0.2, 0.25) is 5.91 Å². The summed E-state index contributed by atoms with van der Waals surface area (Å²) in [7, 11) is 2.01. The van der Waals surface area contributed by atoms with Crippen molar-refractivity contribution in [1.82, 2.24) is 19.7 Å². The summed E-state index contributed by atoms with van der Waals surface area (Å²) in [5.41, 5.74) is 3.00. The number of rotatable bonds is 4. The molecule has 1 aliphatic rings. The monoisotopic (exact) mass is 378 g/mol. The molecule has 0 saturated heterocycles. The Kier molecular flexibility index (Phi) is 5.03. The van der Waals surface area contributed by atoms with E-state index in [4.69, 9.17) is 0 Å². The number of fused-ring (bicyclic) bond motifs is 1. The Labute approximate surface area is 164 Å². The predicted octanol–water partition coefficient (Wildman–Crippen LogP) is 2.89. The fourth-order valence-electron chi connectivity index (χ4n) is 4.27. The molecule has 0 atom stereocenters. The summed E-state index contributed by atoms with van der Waals surface area (Å²) in [5.74, 6) is 0.0608. The van der Waals surface area contributed by atoms with Crippen LogP contribution in [0.4, 0.5) is 0 Å². The molecule has 28 heavy (non-hydrogen) atoms. The molecule has 2 aromatic heterocycles. The Morgan fingerprint density at radius 3 is 2.68 bits per heavy atom. The molecule has 146 valence electrons. The highest BCUT2D eigenvalue weighted by Gasteiger charge is 2.25. The third-order valence-electron chi connectivity index (χ3n) is 5.70. The SMILES string of the molecule is Cc1ccc(=O)n(C2CCC(NC(=O)Cc3cn(C)c4ccccc34)CC2)n1. The van der Waals surface area contributed by atoms with Gasteiger partial charge in [0, 0.05) is 36.3 Å². The average molecular weight is 378 g/mol. The van der Waals surface area contributed by atoms with E-state index in [-0.39, 0.29) is 23.6 Å². The van der Waals surface area contributed by atoms with E-state index in [9.17, 15) is 9.59 Å². The van der Waals surface area contributed by atoms with Crippen LogP contribution in [0.1, 0.15) is 43.0 Å². The fraction of sp³-hybridized carbons (Fsp3) is 0.409. The quantitative estimate of drug-likeness (QED) is 0.759. The minimum atomic E-state index is -0.0472. The molecule has 6 nitrogen and oxygen atoms in total. The van der Waals surface area contributed by atoms with Gasteiger partial charge in [-0.1, -0.05) is 18.2 Å².